The molecule has 0 aliphatic rings. The second kappa shape index (κ2) is 9.88. The van der Waals surface area contributed by atoms with E-state index in [9.17, 15) is 0 Å². The standard InChI is InChI=1S/C22H26N4S/c1-3-21-26-19(16-27-21)14-24-22(23-2)25-15-20(17-10-6-4-7-11-17)18-12-8-5-9-13-18/h4-13,16,20H,3,14-15H2,1-2H3,(H2,23,24,25). The Morgan fingerprint density at radius 3 is 2.15 bits per heavy atom. The number of thiazole rings is 1. The summed E-state index contributed by atoms with van der Waals surface area (Å²) in [5.41, 5.74) is 3.64. The molecule has 1 heterocycles. The lowest BCUT2D eigenvalue weighted by Crippen LogP contribution is -2.39. The second-order valence-corrected chi connectivity index (χ2v) is 7.21. The van der Waals surface area contributed by atoms with Crippen LogP contribution in [0.25, 0.3) is 0 Å². The fourth-order valence-corrected chi connectivity index (χ4v) is 3.73. The molecule has 3 aromatic rings. The molecule has 0 atom stereocenters. The van der Waals surface area contributed by atoms with Crippen molar-refractivity contribution >= 4 is 17.3 Å². The van der Waals surface area contributed by atoms with E-state index in [1.54, 1.807) is 18.4 Å². The van der Waals surface area contributed by atoms with Crippen LogP contribution in [0.5, 0.6) is 0 Å². The van der Waals surface area contributed by atoms with Crippen molar-refractivity contribution in [3.63, 3.8) is 0 Å². The molecule has 2 aromatic carbocycles. The zero-order valence-corrected chi connectivity index (χ0v) is 16.7. The van der Waals surface area contributed by atoms with E-state index in [4.69, 9.17) is 0 Å². The van der Waals surface area contributed by atoms with Crippen LogP contribution in [0, 0.1) is 0 Å². The molecular weight excluding hydrogens is 352 g/mol. The van der Waals surface area contributed by atoms with Gasteiger partial charge in [0, 0.05) is 24.9 Å². The molecule has 0 bridgehead atoms. The van der Waals surface area contributed by atoms with Gasteiger partial charge in [0.2, 0.25) is 0 Å². The van der Waals surface area contributed by atoms with E-state index < -0.39 is 0 Å². The number of aromatic nitrogens is 1. The molecule has 0 unspecified atom stereocenters. The first-order valence-corrected chi connectivity index (χ1v) is 10.2. The third kappa shape index (κ3) is 5.41. The molecule has 1 aromatic heterocycles. The van der Waals surface area contributed by atoms with E-state index in [0.717, 1.165) is 24.6 Å². The van der Waals surface area contributed by atoms with Gasteiger partial charge in [-0.25, -0.2) is 4.98 Å². The number of hydrogen-bond donors (Lipinski definition) is 2. The molecule has 0 radical (unpaired) electrons. The van der Waals surface area contributed by atoms with Crippen molar-refractivity contribution in [2.24, 2.45) is 4.99 Å². The highest BCUT2D eigenvalue weighted by atomic mass is 32.1. The molecule has 5 heteroatoms. The van der Waals surface area contributed by atoms with Gasteiger partial charge in [-0.05, 0) is 17.5 Å². The normalized spacial score (nSPS) is 11.6. The molecule has 0 amide bonds. The summed E-state index contributed by atoms with van der Waals surface area (Å²) in [6, 6.07) is 21.2. The minimum atomic E-state index is 0.261. The first kappa shape index (κ1) is 19.1. The molecule has 0 aliphatic heterocycles. The van der Waals surface area contributed by atoms with E-state index in [1.807, 2.05) is 0 Å². The SMILES string of the molecule is CCc1nc(CNC(=NC)NCC(c2ccccc2)c2ccccc2)cs1. The first-order valence-electron chi connectivity index (χ1n) is 9.27. The van der Waals surface area contributed by atoms with Crippen molar-refractivity contribution < 1.29 is 0 Å². The lowest BCUT2D eigenvalue weighted by atomic mass is 9.91. The first-order chi connectivity index (χ1) is 13.3. The summed E-state index contributed by atoms with van der Waals surface area (Å²) in [5.74, 6) is 1.05. The molecule has 140 valence electrons. The predicted octanol–water partition coefficient (Wildman–Crippen LogP) is 4.20. The van der Waals surface area contributed by atoms with Crippen LogP contribution in [0.1, 0.15) is 34.7 Å². The highest BCUT2D eigenvalue weighted by Gasteiger charge is 2.14. The van der Waals surface area contributed by atoms with E-state index in [2.05, 4.69) is 93.6 Å². The summed E-state index contributed by atoms with van der Waals surface area (Å²) in [4.78, 5) is 8.96. The largest absolute Gasteiger partial charge is 0.355 e. The Balaban J connectivity index is 1.64. The topological polar surface area (TPSA) is 49.3 Å². The maximum absolute atomic E-state index is 4.60. The average Bonchev–Trinajstić information content (AvgIpc) is 3.20. The Labute approximate surface area is 165 Å². The Bertz CT molecular complexity index is 804. The average molecular weight is 379 g/mol. The summed E-state index contributed by atoms with van der Waals surface area (Å²) in [6.07, 6.45) is 0.980. The third-order valence-electron chi connectivity index (χ3n) is 4.44. The summed E-state index contributed by atoms with van der Waals surface area (Å²) >= 11 is 1.71. The Hall–Kier alpha value is -2.66. The van der Waals surface area contributed by atoms with Crippen LogP contribution in [-0.4, -0.2) is 24.5 Å². The van der Waals surface area contributed by atoms with Crippen LogP contribution in [0.2, 0.25) is 0 Å². The van der Waals surface area contributed by atoms with Crippen LogP contribution in [0.3, 0.4) is 0 Å². The van der Waals surface area contributed by atoms with Crippen LogP contribution >= 0.6 is 11.3 Å². The van der Waals surface area contributed by atoms with Gasteiger partial charge >= 0.3 is 0 Å². The van der Waals surface area contributed by atoms with Crippen LogP contribution in [-0.2, 0) is 13.0 Å². The fourth-order valence-electron chi connectivity index (χ4n) is 2.98. The van der Waals surface area contributed by atoms with Gasteiger partial charge in [-0.3, -0.25) is 4.99 Å². The van der Waals surface area contributed by atoms with Gasteiger partial charge in [0.05, 0.1) is 17.2 Å². The number of benzene rings is 2. The van der Waals surface area contributed by atoms with E-state index in [0.29, 0.717) is 6.54 Å². The van der Waals surface area contributed by atoms with Crippen molar-refractivity contribution in [1.29, 1.82) is 0 Å². The van der Waals surface area contributed by atoms with Crippen molar-refractivity contribution in [2.45, 2.75) is 25.8 Å². The number of nitrogens with one attached hydrogen (secondary N) is 2. The van der Waals surface area contributed by atoms with E-state index >= 15 is 0 Å². The van der Waals surface area contributed by atoms with Gasteiger partial charge in [0.1, 0.15) is 0 Å². The molecule has 0 saturated heterocycles. The number of rotatable bonds is 7. The minimum Gasteiger partial charge on any atom is -0.355 e. The molecular formula is C22H26N4S. The van der Waals surface area contributed by atoms with Gasteiger partial charge in [0.25, 0.3) is 0 Å². The molecule has 0 spiro atoms. The molecule has 4 nitrogen and oxygen atoms in total. The predicted molar refractivity (Wildman–Crippen MR) is 114 cm³/mol. The van der Waals surface area contributed by atoms with E-state index in [-0.39, 0.29) is 5.92 Å². The smallest absolute Gasteiger partial charge is 0.191 e. The zero-order valence-electron chi connectivity index (χ0n) is 15.9. The van der Waals surface area contributed by atoms with Gasteiger partial charge in [-0.1, -0.05) is 67.6 Å². The third-order valence-corrected chi connectivity index (χ3v) is 5.48. The number of hydrogen-bond acceptors (Lipinski definition) is 3. The molecule has 27 heavy (non-hydrogen) atoms. The van der Waals surface area contributed by atoms with Crippen molar-refractivity contribution in [3.05, 3.63) is 87.9 Å². The minimum absolute atomic E-state index is 0.261. The lowest BCUT2D eigenvalue weighted by molar-refractivity contribution is 0.725. The Morgan fingerprint density at radius 2 is 1.63 bits per heavy atom. The van der Waals surface area contributed by atoms with Crippen LogP contribution in [0.15, 0.2) is 71.0 Å². The van der Waals surface area contributed by atoms with Crippen LogP contribution in [0.4, 0.5) is 0 Å². The van der Waals surface area contributed by atoms with Crippen molar-refractivity contribution in [3.8, 4) is 0 Å². The molecule has 3 rings (SSSR count). The van der Waals surface area contributed by atoms with Crippen molar-refractivity contribution in [2.75, 3.05) is 13.6 Å². The van der Waals surface area contributed by atoms with Crippen LogP contribution < -0.4 is 10.6 Å². The molecule has 0 saturated carbocycles. The Kier molecular flexibility index (Phi) is 6.99. The zero-order chi connectivity index (χ0) is 18.9. The summed E-state index contributed by atoms with van der Waals surface area (Å²) < 4.78 is 0. The van der Waals surface area contributed by atoms with Gasteiger partial charge < -0.3 is 10.6 Å². The summed E-state index contributed by atoms with van der Waals surface area (Å²) in [6.45, 7) is 3.58. The summed E-state index contributed by atoms with van der Waals surface area (Å²) in [5, 5.41) is 10.1. The van der Waals surface area contributed by atoms with Gasteiger partial charge in [-0.15, -0.1) is 11.3 Å². The molecule has 0 aliphatic carbocycles. The van der Waals surface area contributed by atoms with Gasteiger partial charge in [-0.2, -0.15) is 0 Å². The highest BCUT2D eigenvalue weighted by molar-refractivity contribution is 7.09. The quantitative estimate of drug-likeness (QED) is 0.478. The maximum Gasteiger partial charge on any atom is 0.191 e. The molecule has 2 N–H and O–H groups in total. The molecule has 0 fully saturated rings. The Morgan fingerprint density at radius 1 is 1.00 bits per heavy atom. The number of aryl methyl sites for hydroxylation is 1. The van der Waals surface area contributed by atoms with Crippen molar-refractivity contribution in [1.82, 2.24) is 15.6 Å². The maximum atomic E-state index is 4.60. The monoisotopic (exact) mass is 378 g/mol. The number of nitrogens with zero attached hydrogens (tertiary/aromatic N) is 2. The lowest BCUT2D eigenvalue weighted by Gasteiger charge is -2.20. The highest BCUT2D eigenvalue weighted by Crippen LogP contribution is 2.23. The number of aliphatic imine (C=N–C) groups is 1. The summed E-state index contributed by atoms with van der Waals surface area (Å²) in [7, 11) is 1.80. The fraction of sp³-hybridized carbons (Fsp3) is 0.273. The van der Waals surface area contributed by atoms with E-state index in [1.165, 1.54) is 16.1 Å². The number of guanidine groups is 1. The second-order valence-electron chi connectivity index (χ2n) is 6.27. The van der Waals surface area contributed by atoms with Gasteiger partial charge in [0.15, 0.2) is 5.96 Å².